The normalized spacial score (nSPS) is 9.71. The van der Waals surface area contributed by atoms with Crippen molar-refractivity contribution in [3.63, 3.8) is 0 Å². The number of carboxylic acids is 1. The molecule has 0 bridgehead atoms. The summed E-state index contributed by atoms with van der Waals surface area (Å²) in [5.74, 6) is -1.05. The lowest BCUT2D eigenvalue weighted by Crippen LogP contribution is -2.46. The molecule has 2 amide bonds. The van der Waals surface area contributed by atoms with Gasteiger partial charge in [-0.3, -0.25) is 9.69 Å². The third kappa shape index (κ3) is 5.15. The molecule has 0 heterocycles. The minimum absolute atomic E-state index is 0.188. The molecule has 0 aliphatic carbocycles. The van der Waals surface area contributed by atoms with Crippen molar-refractivity contribution < 1.29 is 14.7 Å². The molecule has 0 aliphatic heterocycles. The van der Waals surface area contributed by atoms with Crippen LogP contribution in [0.1, 0.15) is 19.8 Å². The first-order chi connectivity index (χ1) is 10.1. The van der Waals surface area contributed by atoms with E-state index in [4.69, 9.17) is 10.4 Å². The molecular weight excluding hydrogens is 270 g/mol. The molecular formula is C15H19N3O3. The highest BCUT2D eigenvalue weighted by atomic mass is 16.4. The molecule has 1 aromatic rings. The molecule has 0 saturated heterocycles. The molecule has 0 aromatic heterocycles. The van der Waals surface area contributed by atoms with Crippen molar-refractivity contribution >= 4 is 17.7 Å². The Morgan fingerprint density at radius 3 is 2.43 bits per heavy atom. The molecule has 0 fully saturated rings. The van der Waals surface area contributed by atoms with Crippen LogP contribution in [-0.2, 0) is 4.79 Å². The first kappa shape index (κ1) is 16.5. The van der Waals surface area contributed by atoms with Gasteiger partial charge >= 0.3 is 12.0 Å². The summed E-state index contributed by atoms with van der Waals surface area (Å²) in [6.45, 7) is 2.13. The third-order valence-corrected chi connectivity index (χ3v) is 2.84. The van der Waals surface area contributed by atoms with Gasteiger partial charge in [-0.15, -0.1) is 0 Å². The largest absolute Gasteiger partial charge is 0.480 e. The summed E-state index contributed by atoms with van der Waals surface area (Å²) in [5, 5.41) is 17.7. The molecule has 0 atom stereocenters. The van der Waals surface area contributed by atoms with Gasteiger partial charge in [0.2, 0.25) is 0 Å². The standard InChI is InChI=1S/C15H19N3O3/c1-2-10-17(12-14(19)20)15(21)18(11-6-9-16)13-7-4-3-5-8-13/h3-5,7-8H,2,6,10-12H2,1H3,(H,19,20). The third-order valence-electron chi connectivity index (χ3n) is 2.84. The number of aliphatic carboxylic acids is 1. The van der Waals surface area contributed by atoms with Crippen molar-refractivity contribution in [3.8, 4) is 6.07 Å². The lowest BCUT2D eigenvalue weighted by atomic mass is 10.2. The molecule has 0 saturated carbocycles. The summed E-state index contributed by atoms with van der Waals surface area (Å²) in [6, 6.07) is 10.6. The maximum atomic E-state index is 12.6. The van der Waals surface area contributed by atoms with Crippen molar-refractivity contribution in [2.24, 2.45) is 0 Å². The predicted octanol–water partition coefficient (Wildman–Crippen LogP) is 2.32. The highest BCUT2D eigenvalue weighted by molar-refractivity contribution is 5.93. The Hall–Kier alpha value is -2.55. The summed E-state index contributed by atoms with van der Waals surface area (Å²) in [6.07, 6.45) is 0.855. The van der Waals surface area contributed by atoms with E-state index in [-0.39, 0.29) is 25.5 Å². The van der Waals surface area contributed by atoms with E-state index in [0.29, 0.717) is 18.7 Å². The number of nitriles is 1. The van der Waals surface area contributed by atoms with Crippen LogP contribution in [0.5, 0.6) is 0 Å². The number of carbonyl (C=O) groups is 2. The number of anilines is 1. The SMILES string of the molecule is CCCN(CC(=O)O)C(=O)N(CCC#N)c1ccccc1. The van der Waals surface area contributed by atoms with Crippen LogP contribution in [0, 0.1) is 11.3 Å². The van der Waals surface area contributed by atoms with Crippen molar-refractivity contribution in [2.45, 2.75) is 19.8 Å². The van der Waals surface area contributed by atoms with E-state index in [2.05, 4.69) is 0 Å². The molecule has 1 rings (SSSR count). The monoisotopic (exact) mass is 289 g/mol. The fourth-order valence-electron chi connectivity index (χ4n) is 1.95. The summed E-state index contributed by atoms with van der Waals surface area (Å²) in [7, 11) is 0. The second kappa shape index (κ2) is 8.59. The molecule has 0 radical (unpaired) electrons. The Balaban J connectivity index is 2.97. The molecule has 0 spiro atoms. The van der Waals surface area contributed by atoms with E-state index in [1.54, 1.807) is 24.3 Å². The van der Waals surface area contributed by atoms with Crippen LogP contribution in [0.15, 0.2) is 30.3 Å². The first-order valence-corrected chi connectivity index (χ1v) is 6.80. The summed E-state index contributed by atoms with van der Waals surface area (Å²) in [4.78, 5) is 26.2. The van der Waals surface area contributed by atoms with Crippen LogP contribution in [-0.4, -0.2) is 41.6 Å². The maximum absolute atomic E-state index is 12.6. The average Bonchev–Trinajstić information content (AvgIpc) is 2.47. The predicted molar refractivity (Wildman–Crippen MR) is 78.9 cm³/mol. The summed E-state index contributed by atoms with van der Waals surface area (Å²) in [5.41, 5.74) is 0.657. The second-order valence-corrected chi connectivity index (χ2v) is 4.49. The molecule has 6 heteroatoms. The number of rotatable bonds is 7. The highest BCUT2D eigenvalue weighted by Gasteiger charge is 2.23. The topological polar surface area (TPSA) is 84.6 Å². The average molecular weight is 289 g/mol. The van der Waals surface area contributed by atoms with E-state index in [1.807, 2.05) is 19.1 Å². The van der Waals surface area contributed by atoms with Gasteiger partial charge in [-0.1, -0.05) is 25.1 Å². The Morgan fingerprint density at radius 2 is 1.90 bits per heavy atom. The van der Waals surface area contributed by atoms with E-state index in [9.17, 15) is 9.59 Å². The molecule has 0 unspecified atom stereocenters. The van der Waals surface area contributed by atoms with Crippen molar-refractivity contribution in [3.05, 3.63) is 30.3 Å². The number of carbonyl (C=O) groups excluding carboxylic acids is 1. The lowest BCUT2D eigenvalue weighted by molar-refractivity contribution is -0.137. The van der Waals surface area contributed by atoms with Gasteiger partial charge in [0.15, 0.2) is 0 Å². The van der Waals surface area contributed by atoms with Crippen LogP contribution < -0.4 is 4.90 Å². The number of nitrogens with zero attached hydrogens (tertiary/aromatic N) is 3. The number of hydrogen-bond donors (Lipinski definition) is 1. The van der Waals surface area contributed by atoms with Gasteiger partial charge in [-0.25, -0.2) is 4.79 Å². The Labute approximate surface area is 124 Å². The molecule has 0 aliphatic rings. The van der Waals surface area contributed by atoms with Crippen molar-refractivity contribution in [1.29, 1.82) is 5.26 Å². The quantitative estimate of drug-likeness (QED) is 0.834. The van der Waals surface area contributed by atoms with Gasteiger partial charge < -0.3 is 10.0 Å². The zero-order chi connectivity index (χ0) is 15.7. The highest BCUT2D eigenvalue weighted by Crippen LogP contribution is 2.16. The lowest BCUT2D eigenvalue weighted by Gasteiger charge is -2.29. The Kier molecular flexibility index (Phi) is 6.75. The van der Waals surface area contributed by atoms with E-state index < -0.39 is 5.97 Å². The van der Waals surface area contributed by atoms with Crippen molar-refractivity contribution in [2.75, 3.05) is 24.5 Å². The maximum Gasteiger partial charge on any atom is 0.325 e. The van der Waals surface area contributed by atoms with E-state index in [0.717, 1.165) is 0 Å². The van der Waals surface area contributed by atoms with Crippen LogP contribution in [0.3, 0.4) is 0 Å². The summed E-state index contributed by atoms with van der Waals surface area (Å²) >= 11 is 0. The fourth-order valence-corrected chi connectivity index (χ4v) is 1.95. The minimum atomic E-state index is -1.05. The number of para-hydroxylation sites is 1. The van der Waals surface area contributed by atoms with Crippen LogP contribution >= 0.6 is 0 Å². The Bertz CT molecular complexity index is 511. The molecule has 1 aromatic carbocycles. The number of carboxylic acid groups (broad SMARTS) is 1. The molecule has 112 valence electrons. The van der Waals surface area contributed by atoms with Gasteiger partial charge in [0.1, 0.15) is 6.54 Å². The van der Waals surface area contributed by atoms with Gasteiger partial charge in [0.25, 0.3) is 0 Å². The van der Waals surface area contributed by atoms with Crippen LogP contribution in [0.2, 0.25) is 0 Å². The van der Waals surface area contributed by atoms with E-state index in [1.165, 1.54) is 9.80 Å². The van der Waals surface area contributed by atoms with Gasteiger partial charge in [0.05, 0.1) is 12.5 Å². The Morgan fingerprint density at radius 1 is 1.24 bits per heavy atom. The first-order valence-electron chi connectivity index (χ1n) is 6.80. The van der Waals surface area contributed by atoms with Gasteiger partial charge in [0, 0.05) is 18.8 Å². The van der Waals surface area contributed by atoms with E-state index >= 15 is 0 Å². The smallest absolute Gasteiger partial charge is 0.325 e. The van der Waals surface area contributed by atoms with Gasteiger partial charge in [-0.05, 0) is 18.6 Å². The van der Waals surface area contributed by atoms with Crippen LogP contribution in [0.25, 0.3) is 0 Å². The molecule has 1 N–H and O–H groups in total. The second-order valence-electron chi connectivity index (χ2n) is 4.49. The minimum Gasteiger partial charge on any atom is -0.480 e. The number of benzene rings is 1. The number of hydrogen-bond acceptors (Lipinski definition) is 3. The molecule has 21 heavy (non-hydrogen) atoms. The number of urea groups is 1. The van der Waals surface area contributed by atoms with Crippen LogP contribution in [0.4, 0.5) is 10.5 Å². The van der Waals surface area contributed by atoms with Crippen molar-refractivity contribution in [1.82, 2.24) is 4.90 Å². The molecule has 6 nitrogen and oxygen atoms in total. The summed E-state index contributed by atoms with van der Waals surface area (Å²) < 4.78 is 0. The zero-order valence-electron chi connectivity index (χ0n) is 12.0. The number of amides is 2. The zero-order valence-corrected chi connectivity index (χ0v) is 12.0. The fraction of sp³-hybridized carbons (Fsp3) is 0.400. The van der Waals surface area contributed by atoms with Gasteiger partial charge in [-0.2, -0.15) is 5.26 Å².